The molecule has 0 spiro atoms. The van der Waals surface area contributed by atoms with E-state index in [9.17, 15) is 14.7 Å². The zero-order valence-electron chi connectivity index (χ0n) is 13.9. The van der Waals surface area contributed by atoms with Crippen molar-refractivity contribution in [2.45, 2.75) is 26.2 Å². The first-order valence-electron chi connectivity index (χ1n) is 8.17. The van der Waals surface area contributed by atoms with E-state index in [2.05, 4.69) is 6.92 Å². The largest absolute Gasteiger partial charge is 0.481 e. The number of amides is 1. The molecule has 1 aromatic carbocycles. The van der Waals surface area contributed by atoms with Crippen LogP contribution in [0.2, 0.25) is 0 Å². The number of nitrogens with zero attached hydrogens (tertiary/aromatic N) is 1. The molecule has 1 aliphatic heterocycles. The maximum atomic E-state index is 12.8. The lowest BCUT2D eigenvalue weighted by atomic mass is 9.89. The van der Waals surface area contributed by atoms with E-state index in [0.29, 0.717) is 11.4 Å². The summed E-state index contributed by atoms with van der Waals surface area (Å²) in [6.07, 6.45) is 0.903. The zero-order chi connectivity index (χ0) is 17.3. The zero-order valence-corrected chi connectivity index (χ0v) is 14.7. The van der Waals surface area contributed by atoms with Crippen molar-refractivity contribution in [2.24, 2.45) is 5.92 Å². The van der Waals surface area contributed by atoms with E-state index in [-0.39, 0.29) is 18.4 Å². The van der Waals surface area contributed by atoms with Gasteiger partial charge in [0.2, 0.25) is 0 Å². The fraction of sp³-hybridized carbons (Fsp3) is 0.368. The van der Waals surface area contributed by atoms with Crippen LogP contribution in [-0.2, 0) is 11.2 Å². The first-order chi connectivity index (χ1) is 11.5. The van der Waals surface area contributed by atoms with Gasteiger partial charge in [0, 0.05) is 23.9 Å². The molecule has 1 aliphatic rings. The van der Waals surface area contributed by atoms with Crippen LogP contribution in [0.15, 0.2) is 36.4 Å². The van der Waals surface area contributed by atoms with Crippen LogP contribution in [0.1, 0.15) is 38.5 Å². The molecule has 0 saturated carbocycles. The van der Waals surface area contributed by atoms with Crippen molar-refractivity contribution in [3.63, 3.8) is 0 Å². The first-order valence-corrected chi connectivity index (χ1v) is 8.99. The van der Waals surface area contributed by atoms with E-state index in [1.807, 2.05) is 43.3 Å². The molecule has 1 fully saturated rings. The van der Waals surface area contributed by atoms with Gasteiger partial charge in [0.15, 0.2) is 0 Å². The predicted molar refractivity (Wildman–Crippen MR) is 94.6 cm³/mol. The van der Waals surface area contributed by atoms with Crippen molar-refractivity contribution in [3.05, 3.63) is 57.3 Å². The van der Waals surface area contributed by atoms with Gasteiger partial charge < -0.3 is 10.0 Å². The van der Waals surface area contributed by atoms with Crippen LogP contribution in [0.25, 0.3) is 0 Å². The minimum atomic E-state index is -0.837. The van der Waals surface area contributed by atoms with Crippen LogP contribution < -0.4 is 0 Å². The van der Waals surface area contributed by atoms with E-state index in [1.54, 1.807) is 4.90 Å². The lowest BCUT2D eigenvalue weighted by Gasteiger charge is -2.15. The number of carbonyl (C=O) groups is 2. The van der Waals surface area contributed by atoms with Crippen molar-refractivity contribution >= 4 is 23.2 Å². The Balaban J connectivity index is 1.84. The number of carbonyl (C=O) groups excluding carboxylic acids is 1. The van der Waals surface area contributed by atoms with Gasteiger partial charge in [0.05, 0.1) is 10.8 Å². The van der Waals surface area contributed by atoms with Crippen LogP contribution in [-0.4, -0.2) is 35.0 Å². The number of thiophene rings is 1. The summed E-state index contributed by atoms with van der Waals surface area (Å²) in [5.41, 5.74) is 2.17. The predicted octanol–water partition coefficient (Wildman–Crippen LogP) is 3.56. The average Bonchev–Trinajstić information content (AvgIpc) is 3.19. The van der Waals surface area contributed by atoms with Crippen molar-refractivity contribution in [3.8, 4) is 0 Å². The van der Waals surface area contributed by atoms with Gasteiger partial charge in [0.1, 0.15) is 0 Å². The standard InChI is InChI=1S/C19H21NO3S/c1-3-13-9-17(24-12(13)2)18(21)20-10-15(16(11-20)19(22)23)14-7-5-4-6-8-14/h4-9,15-16H,3,10-11H2,1-2H3,(H,22,23)/t15-,16+/m0/s1. The second kappa shape index (κ2) is 6.77. The molecular formula is C19H21NO3S. The van der Waals surface area contributed by atoms with Gasteiger partial charge in [0.25, 0.3) is 5.91 Å². The highest BCUT2D eigenvalue weighted by Crippen LogP contribution is 2.34. The van der Waals surface area contributed by atoms with E-state index in [0.717, 1.165) is 16.9 Å². The van der Waals surface area contributed by atoms with Gasteiger partial charge in [-0.1, -0.05) is 37.3 Å². The molecule has 126 valence electrons. The molecule has 0 aliphatic carbocycles. The Hall–Kier alpha value is -2.14. The van der Waals surface area contributed by atoms with E-state index >= 15 is 0 Å². The van der Waals surface area contributed by atoms with Crippen LogP contribution in [0, 0.1) is 12.8 Å². The fourth-order valence-electron chi connectivity index (χ4n) is 3.39. The smallest absolute Gasteiger partial charge is 0.308 e. The topological polar surface area (TPSA) is 57.6 Å². The summed E-state index contributed by atoms with van der Waals surface area (Å²) in [6, 6.07) is 11.6. The van der Waals surface area contributed by atoms with Crippen molar-refractivity contribution in [2.75, 3.05) is 13.1 Å². The average molecular weight is 343 g/mol. The van der Waals surface area contributed by atoms with Crippen LogP contribution in [0.3, 0.4) is 0 Å². The number of rotatable bonds is 4. The van der Waals surface area contributed by atoms with Crippen LogP contribution >= 0.6 is 11.3 Å². The normalized spacial score (nSPS) is 20.3. The van der Waals surface area contributed by atoms with Crippen LogP contribution in [0.5, 0.6) is 0 Å². The van der Waals surface area contributed by atoms with Crippen molar-refractivity contribution in [1.82, 2.24) is 4.90 Å². The third-order valence-corrected chi connectivity index (χ3v) is 5.85. The number of hydrogen-bond acceptors (Lipinski definition) is 3. The lowest BCUT2D eigenvalue weighted by Crippen LogP contribution is -2.29. The molecule has 0 radical (unpaired) electrons. The molecule has 1 saturated heterocycles. The van der Waals surface area contributed by atoms with Gasteiger partial charge >= 0.3 is 5.97 Å². The third kappa shape index (κ3) is 3.08. The van der Waals surface area contributed by atoms with Gasteiger partial charge in [-0.15, -0.1) is 11.3 Å². The van der Waals surface area contributed by atoms with E-state index < -0.39 is 11.9 Å². The molecule has 1 amide bonds. The summed E-state index contributed by atoms with van der Waals surface area (Å²) < 4.78 is 0. The molecular weight excluding hydrogens is 322 g/mol. The first kappa shape index (κ1) is 16.7. The number of carboxylic acid groups (broad SMARTS) is 1. The maximum Gasteiger partial charge on any atom is 0.308 e. The minimum absolute atomic E-state index is 0.0486. The summed E-state index contributed by atoms with van der Waals surface area (Å²) in [7, 11) is 0. The molecule has 4 nitrogen and oxygen atoms in total. The van der Waals surface area contributed by atoms with E-state index in [1.165, 1.54) is 16.9 Å². The number of carboxylic acids is 1. The highest BCUT2D eigenvalue weighted by molar-refractivity contribution is 7.14. The Labute approximate surface area is 145 Å². The van der Waals surface area contributed by atoms with Crippen LogP contribution in [0.4, 0.5) is 0 Å². The fourth-order valence-corrected chi connectivity index (χ4v) is 4.47. The lowest BCUT2D eigenvalue weighted by molar-refractivity contribution is -0.141. The highest BCUT2D eigenvalue weighted by Gasteiger charge is 2.40. The summed E-state index contributed by atoms with van der Waals surface area (Å²) in [4.78, 5) is 28.0. The molecule has 0 unspecified atom stereocenters. The molecule has 1 N–H and O–H groups in total. The second-order valence-corrected chi connectivity index (χ2v) is 7.47. The Kier molecular flexibility index (Phi) is 4.71. The third-order valence-electron chi connectivity index (χ3n) is 4.76. The molecule has 2 aromatic rings. The Morgan fingerprint density at radius 2 is 1.96 bits per heavy atom. The van der Waals surface area contributed by atoms with E-state index in [4.69, 9.17) is 0 Å². The minimum Gasteiger partial charge on any atom is -0.481 e. The molecule has 2 atom stereocenters. The number of aryl methyl sites for hydroxylation is 2. The summed E-state index contributed by atoms with van der Waals surface area (Å²) >= 11 is 1.50. The number of aliphatic carboxylic acids is 1. The summed E-state index contributed by atoms with van der Waals surface area (Å²) in [6.45, 7) is 4.83. The number of hydrogen-bond donors (Lipinski definition) is 1. The molecule has 0 bridgehead atoms. The monoisotopic (exact) mass is 343 g/mol. The van der Waals surface area contributed by atoms with Crippen molar-refractivity contribution < 1.29 is 14.7 Å². The Bertz CT molecular complexity index is 753. The molecule has 24 heavy (non-hydrogen) atoms. The van der Waals surface area contributed by atoms with Gasteiger partial charge in [-0.3, -0.25) is 9.59 Å². The van der Waals surface area contributed by atoms with Crippen molar-refractivity contribution in [1.29, 1.82) is 0 Å². The van der Waals surface area contributed by atoms with Gasteiger partial charge in [-0.05, 0) is 30.5 Å². The molecule has 3 rings (SSSR count). The summed E-state index contributed by atoms with van der Waals surface area (Å²) in [5.74, 6) is -1.59. The second-order valence-electron chi connectivity index (χ2n) is 6.22. The Morgan fingerprint density at radius 1 is 1.25 bits per heavy atom. The maximum absolute atomic E-state index is 12.8. The quantitative estimate of drug-likeness (QED) is 0.923. The molecule has 5 heteroatoms. The number of benzene rings is 1. The highest BCUT2D eigenvalue weighted by atomic mass is 32.1. The number of likely N-dealkylation sites (tertiary alicyclic amines) is 1. The summed E-state index contributed by atoms with van der Waals surface area (Å²) in [5, 5.41) is 9.57. The molecule has 2 heterocycles. The molecule has 1 aromatic heterocycles. The van der Waals surface area contributed by atoms with Gasteiger partial charge in [-0.2, -0.15) is 0 Å². The van der Waals surface area contributed by atoms with Gasteiger partial charge in [-0.25, -0.2) is 0 Å². The SMILES string of the molecule is CCc1cc(C(=O)N2C[C@@H](C(=O)O)[C@H](c3ccccc3)C2)sc1C. The Morgan fingerprint density at radius 3 is 2.54 bits per heavy atom.